The summed E-state index contributed by atoms with van der Waals surface area (Å²) in [5.41, 5.74) is 9.43. The van der Waals surface area contributed by atoms with Gasteiger partial charge in [0.05, 0.1) is 5.69 Å². The molecule has 0 radical (unpaired) electrons. The fourth-order valence-electron chi connectivity index (χ4n) is 2.73. The Morgan fingerprint density at radius 2 is 1.70 bits per heavy atom. The first-order valence-electron chi connectivity index (χ1n) is 7.69. The van der Waals surface area contributed by atoms with Gasteiger partial charge in [-0.25, -0.2) is 0 Å². The zero-order chi connectivity index (χ0) is 14.4. The van der Waals surface area contributed by atoms with Crippen molar-refractivity contribution in [1.82, 2.24) is 10.2 Å². The van der Waals surface area contributed by atoms with Gasteiger partial charge >= 0.3 is 0 Å². The van der Waals surface area contributed by atoms with Crippen molar-refractivity contribution in [3.8, 4) is 11.3 Å². The highest BCUT2D eigenvalue weighted by atomic mass is 15.1. The third-order valence-corrected chi connectivity index (χ3v) is 3.88. The van der Waals surface area contributed by atoms with E-state index in [1.54, 1.807) is 0 Å². The van der Waals surface area contributed by atoms with Crippen LogP contribution in [0.5, 0.6) is 0 Å². The molecule has 0 unspecified atom stereocenters. The fraction of sp³-hybridized carbons (Fsp3) is 0.471. The number of nitrogens with one attached hydrogen (secondary N) is 1. The Labute approximate surface area is 121 Å². The van der Waals surface area contributed by atoms with Crippen molar-refractivity contribution in [3.63, 3.8) is 0 Å². The highest BCUT2D eigenvalue weighted by Gasteiger charge is 2.21. The molecule has 1 aromatic carbocycles. The molecule has 3 rings (SSSR count). The van der Waals surface area contributed by atoms with E-state index in [-0.39, 0.29) is 0 Å². The molecule has 108 valence electrons. The van der Waals surface area contributed by atoms with Crippen LogP contribution in [0.3, 0.4) is 0 Å². The minimum absolute atomic E-state index is 0.401. The molecule has 1 heterocycles. The lowest BCUT2D eigenvalue weighted by Crippen LogP contribution is -2.25. The minimum Gasteiger partial charge on any atom is -0.328 e. The Bertz CT molecular complexity index is 496. The summed E-state index contributed by atoms with van der Waals surface area (Å²) in [4.78, 5) is 0. The van der Waals surface area contributed by atoms with Crippen LogP contribution in [0.4, 0.5) is 0 Å². The molecule has 20 heavy (non-hydrogen) atoms. The van der Waals surface area contributed by atoms with Crippen LogP contribution in [0, 0.1) is 0 Å². The van der Waals surface area contributed by atoms with Gasteiger partial charge in [0.25, 0.3) is 0 Å². The van der Waals surface area contributed by atoms with E-state index in [1.807, 2.05) is 32.0 Å². The first kappa shape index (κ1) is 14.8. The molecular weight excluding hydrogens is 246 g/mol. The van der Waals surface area contributed by atoms with E-state index >= 15 is 0 Å². The Morgan fingerprint density at radius 3 is 2.35 bits per heavy atom. The molecule has 3 heteroatoms. The van der Waals surface area contributed by atoms with Crippen molar-refractivity contribution in [1.29, 1.82) is 0 Å². The summed E-state index contributed by atoms with van der Waals surface area (Å²) >= 11 is 0. The van der Waals surface area contributed by atoms with Crippen molar-refractivity contribution >= 4 is 0 Å². The van der Waals surface area contributed by atoms with Crippen LogP contribution in [0.2, 0.25) is 0 Å². The number of hydrogen-bond donors (Lipinski definition) is 2. The van der Waals surface area contributed by atoms with Crippen LogP contribution in [-0.2, 0) is 0 Å². The second kappa shape index (κ2) is 7.25. The van der Waals surface area contributed by atoms with Crippen molar-refractivity contribution in [3.05, 3.63) is 42.1 Å². The number of hydrogen-bond acceptors (Lipinski definition) is 2. The smallest absolute Gasteiger partial charge is 0.0923 e. The number of nitrogens with two attached hydrogens (primary N) is 1. The predicted octanol–water partition coefficient (Wildman–Crippen LogP) is 4.09. The maximum atomic E-state index is 5.95. The van der Waals surface area contributed by atoms with Crippen LogP contribution in [0.15, 0.2) is 36.4 Å². The summed E-state index contributed by atoms with van der Waals surface area (Å²) in [7, 11) is 0. The molecule has 1 aliphatic rings. The first-order valence-corrected chi connectivity index (χ1v) is 7.69. The Kier molecular flexibility index (Phi) is 5.36. The van der Waals surface area contributed by atoms with Crippen molar-refractivity contribution < 1.29 is 0 Å². The number of benzene rings is 1. The first-order chi connectivity index (χ1) is 9.83. The number of H-pyrrole nitrogens is 1. The standard InChI is InChI=1S/C15H19N3.C2H6/c16-13-8-6-12(7-9-13)15-10-14(17-18-15)11-4-2-1-3-5-11;1-2/h1-5,10,12-13H,6-9,16H2,(H,17,18);1-2H3. The minimum atomic E-state index is 0.401. The quantitative estimate of drug-likeness (QED) is 0.864. The van der Waals surface area contributed by atoms with Gasteiger partial charge in [0, 0.05) is 23.2 Å². The zero-order valence-electron chi connectivity index (χ0n) is 12.5. The number of aromatic nitrogens is 2. The molecule has 1 aliphatic carbocycles. The summed E-state index contributed by atoms with van der Waals surface area (Å²) in [5, 5.41) is 7.62. The van der Waals surface area contributed by atoms with E-state index in [2.05, 4.69) is 28.4 Å². The average Bonchev–Trinajstić information content (AvgIpc) is 3.01. The van der Waals surface area contributed by atoms with Gasteiger partial charge in [-0.2, -0.15) is 5.10 Å². The second-order valence-corrected chi connectivity index (χ2v) is 5.19. The molecule has 2 aromatic rings. The molecule has 0 spiro atoms. The third-order valence-electron chi connectivity index (χ3n) is 3.88. The SMILES string of the molecule is CC.NC1CCC(c2cc(-c3ccccc3)n[nH]2)CC1. The fourth-order valence-corrected chi connectivity index (χ4v) is 2.73. The van der Waals surface area contributed by atoms with E-state index in [0.717, 1.165) is 18.5 Å². The van der Waals surface area contributed by atoms with Crippen LogP contribution >= 0.6 is 0 Å². The largest absolute Gasteiger partial charge is 0.328 e. The molecule has 1 aromatic heterocycles. The molecular formula is C17H25N3. The van der Waals surface area contributed by atoms with Crippen LogP contribution in [0.25, 0.3) is 11.3 Å². The van der Waals surface area contributed by atoms with Gasteiger partial charge in [-0.05, 0) is 31.7 Å². The number of aromatic amines is 1. The van der Waals surface area contributed by atoms with Crippen molar-refractivity contribution in [2.45, 2.75) is 51.5 Å². The highest BCUT2D eigenvalue weighted by molar-refractivity contribution is 5.59. The van der Waals surface area contributed by atoms with Gasteiger partial charge in [-0.3, -0.25) is 5.10 Å². The maximum Gasteiger partial charge on any atom is 0.0923 e. The normalized spacial score (nSPS) is 21.9. The third kappa shape index (κ3) is 3.48. The number of nitrogens with zero attached hydrogens (tertiary/aromatic N) is 1. The van der Waals surface area contributed by atoms with Gasteiger partial charge in [0.15, 0.2) is 0 Å². The Balaban J connectivity index is 0.000000704. The molecule has 0 bridgehead atoms. The lowest BCUT2D eigenvalue weighted by Gasteiger charge is -2.24. The van der Waals surface area contributed by atoms with Gasteiger partial charge < -0.3 is 5.73 Å². The Hall–Kier alpha value is -1.61. The molecule has 1 fully saturated rings. The molecule has 3 N–H and O–H groups in total. The van der Waals surface area contributed by atoms with Crippen LogP contribution in [-0.4, -0.2) is 16.2 Å². The monoisotopic (exact) mass is 271 g/mol. The molecule has 1 saturated carbocycles. The van der Waals surface area contributed by atoms with Crippen LogP contribution in [0.1, 0.15) is 51.1 Å². The summed E-state index contributed by atoms with van der Waals surface area (Å²) in [6, 6.07) is 12.9. The molecule has 0 saturated heterocycles. The predicted molar refractivity (Wildman–Crippen MR) is 84.6 cm³/mol. The highest BCUT2D eigenvalue weighted by Crippen LogP contribution is 2.32. The van der Waals surface area contributed by atoms with Gasteiger partial charge in [-0.15, -0.1) is 0 Å². The van der Waals surface area contributed by atoms with Crippen molar-refractivity contribution in [2.75, 3.05) is 0 Å². The molecule has 0 amide bonds. The molecule has 0 aliphatic heterocycles. The summed E-state index contributed by atoms with van der Waals surface area (Å²) in [5.74, 6) is 0.606. The summed E-state index contributed by atoms with van der Waals surface area (Å²) < 4.78 is 0. The average molecular weight is 271 g/mol. The maximum absolute atomic E-state index is 5.95. The van der Waals surface area contributed by atoms with Gasteiger partial charge in [0.2, 0.25) is 0 Å². The Morgan fingerprint density at radius 1 is 1.05 bits per heavy atom. The summed E-state index contributed by atoms with van der Waals surface area (Å²) in [6.07, 6.45) is 4.61. The van der Waals surface area contributed by atoms with Crippen LogP contribution < -0.4 is 5.73 Å². The van der Waals surface area contributed by atoms with Crippen molar-refractivity contribution in [2.24, 2.45) is 5.73 Å². The van der Waals surface area contributed by atoms with E-state index < -0.39 is 0 Å². The molecule has 3 nitrogen and oxygen atoms in total. The van der Waals surface area contributed by atoms with E-state index in [4.69, 9.17) is 5.73 Å². The molecule has 0 atom stereocenters. The number of rotatable bonds is 2. The van der Waals surface area contributed by atoms with E-state index in [0.29, 0.717) is 12.0 Å². The second-order valence-electron chi connectivity index (χ2n) is 5.19. The van der Waals surface area contributed by atoms with E-state index in [9.17, 15) is 0 Å². The lowest BCUT2D eigenvalue weighted by molar-refractivity contribution is 0.390. The zero-order valence-corrected chi connectivity index (χ0v) is 12.5. The van der Waals surface area contributed by atoms with Gasteiger partial charge in [0.1, 0.15) is 0 Å². The lowest BCUT2D eigenvalue weighted by atomic mass is 9.84. The van der Waals surface area contributed by atoms with Gasteiger partial charge in [-0.1, -0.05) is 44.2 Å². The summed E-state index contributed by atoms with van der Waals surface area (Å²) in [6.45, 7) is 4.00. The van der Waals surface area contributed by atoms with E-state index in [1.165, 1.54) is 24.1 Å². The topological polar surface area (TPSA) is 54.7 Å².